The molecule has 7 aromatic carbocycles. The Balaban J connectivity index is 1.17. The van der Waals surface area contributed by atoms with E-state index in [1.54, 1.807) is 11.1 Å². The Morgan fingerprint density at radius 1 is 0.500 bits per heavy atom. The van der Waals surface area contributed by atoms with Crippen LogP contribution < -0.4 is 4.90 Å². The number of benzene rings is 7. The molecule has 0 radical (unpaired) electrons. The lowest BCUT2D eigenvalue weighted by molar-refractivity contribution is 0.0426. The molecule has 1 heteroatoms. The largest absolute Gasteiger partial charge is 0.310 e. The third-order valence-electron chi connectivity index (χ3n) is 12.7. The van der Waals surface area contributed by atoms with Gasteiger partial charge in [-0.25, -0.2) is 0 Å². The van der Waals surface area contributed by atoms with Gasteiger partial charge in [0.05, 0.1) is 5.69 Å². The summed E-state index contributed by atoms with van der Waals surface area (Å²) in [4.78, 5) is 2.53. The molecule has 0 aliphatic heterocycles. The van der Waals surface area contributed by atoms with Crippen LogP contribution in [0.5, 0.6) is 0 Å². The van der Waals surface area contributed by atoms with E-state index in [4.69, 9.17) is 0 Å². The van der Waals surface area contributed by atoms with Gasteiger partial charge in [0.2, 0.25) is 0 Å². The standard InChI is InChI=1S/C49H43N/c1-32-26-34-28-33(2)49(41(27-32)29-34)45-15-8-7-14-44(45)48-46(49)16-9-17-47(48)50(43-25-22-36-11-4-6-13-39(36)31-43)42-23-20-37(21-24-42)40-19-18-35-10-3-5-12-38(35)30-40/h3-25,30-34,41H,26-29H2,1-2H3. The van der Waals surface area contributed by atoms with Crippen molar-refractivity contribution in [3.63, 3.8) is 0 Å². The number of hydrogen-bond acceptors (Lipinski definition) is 1. The van der Waals surface area contributed by atoms with Crippen molar-refractivity contribution in [1.82, 2.24) is 0 Å². The molecule has 2 fully saturated rings. The zero-order valence-corrected chi connectivity index (χ0v) is 29.0. The van der Waals surface area contributed by atoms with Crippen LogP contribution in [-0.4, -0.2) is 0 Å². The second-order valence-corrected chi connectivity index (χ2v) is 15.6. The molecular formula is C49H43N. The predicted molar refractivity (Wildman–Crippen MR) is 212 cm³/mol. The molecule has 0 heterocycles. The molecule has 10 rings (SSSR count). The summed E-state index contributed by atoms with van der Waals surface area (Å²) >= 11 is 0. The maximum absolute atomic E-state index is 2.57. The first kappa shape index (κ1) is 29.7. The Morgan fingerprint density at radius 3 is 1.94 bits per heavy atom. The first-order valence-corrected chi connectivity index (χ1v) is 18.7. The second-order valence-electron chi connectivity index (χ2n) is 15.6. The molecule has 0 N–H and O–H groups in total. The molecule has 3 aliphatic rings. The van der Waals surface area contributed by atoms with Crippen molar-refractivity contribution in [1.29, 1.82) is 0 Å². The van der Waals surface area contributed by atoms with Gasteiger partial charge >= 0.3 is 0 Å². The summed E-state index contributed by atoms with van der Waals surface area (Å²) in [6.07, 6.45) is 5.40. The van der Waals surface area contributed by atoms with Crippen LogP contribution in [0.15, 0.2) is 152 Å². The van der Waals surface area contributed by atoms with Gasteiger partial charge in [-0.3, -0.25) is 0 Å². The first-order chi connectivity index (χ1) is 24.6. The molecule has 0 saturated heterocycles. The minimum atomic E-state index is 0.0577. The summed E-state index contributed by atoms with van der Waals surface area (Å²) < 4.78 is 0. The lowest BCUT2D eigenvalue weighted by Crippen LogP contribution is -2.49. The van der Waals surface area contributed by atoms with Crippen molar-refractivity contribution in [3.05, 3.63) is 163 Å². The summed E-state index contributed by atoms with van der Waals surface area (Å²) in [7, 11) is 0. The Bertz CT molecular complexity index is 2400. The van der Waals surface area contributed by atoms with E-state index in [-0.39, 0.29) is 5.41 Å². The molecule has 0 aromatic heterocycles. The molecule has 50 heavy (non-hydrogen) atoms. The highest BCUT2D eigenvalue weighted by molar-refractivity contribution is 5.97. The van der Waals surface area contributed by atoms with Gasteiger partial charge in [-0.2, -0.15) is 0 Å². The van der Waals surface area contributed by atoms with E-state index in [0.29, 0.717) is 11.8 Å². The van der Waals surface area contributed by atoms with Gasteiger partial charge in [-0.15, -0.1) is 0 Å². The molecule has 1 spiro atoms. The Kier molecular flexibility index (Phi) is 6.82. The summed E-state index contributed by atoms with van der Waals surface area (Å²) in [6.45, 7) is 5.07. The molecule has 5 unspecified atom stereocenters. The molecule has 2 bridgehead atoms. The van der Waals surface area contributed by atoms with Crippen LogP contribution in [0.2, 0.25) is 0 Å². The zero-order chi connectivity index (χ0) is 33.4. The van der Waals surface area contributed by atoms with E-state index in [1.165, 1.54) is 86.5 Å². The van der Waals surface area contributed by atoms with E-state index in [2.05, 4.69) is 170 Å². The second kappa shape index (κ2) is 11.5. The summed E-state index contributed by atoms with van der Waals surface area (Å²) in [5.74, 6) is 2.93. The van der Waals surface area contributed by atoms with Crippen LogP contribution in [0.1, 0.15) is 50.7 Å². The van der Waals surface area contributed by atoms with Crippen LogP contribution in [0.4, 0.5) is 17.1 Å². The third-order valence-corrected chi connectivity index (χ3v) is 12.7. The monoisotopic (exact) mass is 645 g/mol. The third kappa shape index (κ3) is 4.45. The smallest absolute Gasteiger partial charge is 0.0543 e. The molecule has 1 nitrogen and oxygen atoms in total. The molecule has 2 saturated carbocycles. The van der Waals surface area contributed by atoms with Gasteiger partial charge in [0.15, 0.2) is 0 Å². The first-order valence-electron chi connectivity index (χ1n) is 18.7. The quantitative estimate of drug-likeness (QED) is 0.184. The lowest BCUT2D eigenvalue weighted by atomic mass is 9.49. The van der Waals surface area contributed by atoms with E-state index >= 15 is 0 Å². The highest BCUT2D eigenvalue weighted by atomic mass is 15.1. The maximum atomic E-state index is 2.57. The van der Waals surface area contributed by atoms with Gasteiger partial charge in [-0.1, -0.05) is 129 Å². The maximum Gasteiger partial charge on any atom is 0.0543 e. The summed E-state index contributed by atoms with van der Waals surface area (Å²) in [6, 6.07) is 57.1. The zero-order valence-electron chi connectivity index (χ0n) is 29.0. The van der Waals surface area contributed by atoms with Crippen molar-refractivity contribution in [2.75, 3.05) is 4.90 Å². The van der Waals surface area contributed by atoms with Crippen molar-refractivity contribution < 1.29 is 0 Å². The van der Waals surface area contributed by atoms with Crippen LogP contribution in [0.25, 0.3) is 43.8 Å². The Labute approximate surface area is 296 Å². The number of fused-ring (bicyclic) bond motifs is 10. The Hall–Kier alpha value is -5.14. The number of nitrogens with zero attached hydrogens (tertiary/aromatic N) is 1. The topological polar surface area (TPSA) is 3.24 Å². The van der Waals surface area contributed by atoms with Gasteiger partial charge in [0.25, 0.3) is 0 Å². The van der Waals surface area contributed by atoms with Gasteiger partial charge in [0.1, 0.15) is 0 Å². The van der Waals surface area contributed by atoms with E-state index in [1.807, 2.05) is 0 Å². The van der Waals surface area contributed by atoms with Gasteiger partial charge < -0.3 is 4.90 Å². The molecule has 3 aliphatic carbocycles. The molecular weight excluding hydrogens is 603 g/mol. The fraction of sp³-hybridized carbons (Fsp3) is 0.224. The highest BCUT2D eigenvalue weighted by Gasteiger charge is 2.57. The van der Waals surface area contributed by atoms with Crippen LogP contribution in [-0.2, 0) is 5.41 Å². The van der Waals surface area contributed by atoms with Crippen LogP contribution in [0.3, 0.4) is 0 Å². The van der Waals surface area contributed by atoms with Crippen LogP contribution in [0, 0.1) is 23.7 Å². The predicted octanol–water partition coefficient (Wildman–Crippen LogP) is 13.5. The fourth-order valence-corrected chi connectivity index (χ4v) is 10.8. The summed E-state index contributed by atoms with van der Waals surface area (Å²) in [5, 5.41) is 5.07. The minimum Gasteiger partial charge on any atom is -0.310 e. The summed E-state index contributed by atoms with van der Waals surface area (Å²) in [5.41, 5.74) is 12.2. The lowest BCUT2D eigenvalue weighted by Gasteiger charge is -2.54. The van der Waals surface area contributed by atoms with Gasteiger partial charge in [0, 0.05) is 22.4 Å². The minimum absolute atomic E-state index is 0.0577. The average molecular weight is 646 g/mol. The normalized spacial score (nSPS) is 23.6. The average Bonchev–Trinajstić information content (AvgIpc) is 3.46. The number of hydrogen-bond donors (Lipinski definition) is 0. The Morgan fingerprint density at radius 2 is 1.14 bits per heavy atom. The van der Waals surface area contributed by atoms with Crippen molar-refractivity contribution in [2.24, 2.45) is 23.7 Å². The molecule has 0 amide bonds. The molecule has 244 valence electrons. The van der Waals surface area contributed by atoms with E-state index < -0.39 is 0 Å². The number of rotatable bonds is 4. The van der Waals surface area contributed by atoms with E-state index in [9.17, 15) is 0 Å². The van der Waals surface area contributed by atoms with Crippen molar-refractivity contribution in [3.8, 4) is 22.3 Å². The van der Waals surface area contributed by atoms with Gasteiger partial charge in [-0.05, 0) is 135 Å². The van der Waals surface area contributed by atoms with Crippen molar-refractivity contribution >= 4 is 38.6 Å². The van der Waals surface area contributed by atoms with Crippen LogP contribution >= 0.6 is 0 Å². The van der Waals surface area contributed by atoms with E-state index in [0.717, 1.165) is 11.8 Å². The van der Waals surface area contributed by atoms with Crippen molar-refractivity contribution in [2.45, 2.75) is 44.9 Å². The highest BCUT2D eigenvalue weighted by Crippen LogP contribution is 2.66. The molecule has 7 aromatic rings. The fourth-order valence-electron chi connectivity index (χ4n) is 10.8. The SMILES string of the molecule is CC1CC2CC(C)C3(c4ccccc4-c4c(N(c5ccc(-c6ccc7ccccc7c6)cc5)c5ccc6ccccc6c5)cccc43)C(C1)C2. The molecule has 5 atom stereocenters. The number of anilines is 3.